The number of nitrogens with zero attached hydrogens (tertiary/aromatic N) is 4. The van der Waals surface area contributed by atoms with Crippen molar-refractivity contribution in [2.75, 3.05) is 22.5 Å². The van der Waals surface area contributed by atoms with Crippen molar-refractivity contribution in [3.63, 3.8) is 0 Å². The highest BCUT2D eigenvalue weighted by Gasteiger charge is 2.21. The summed E-state index contributed by atoms with van der Waals surface area (Å²) in [6.07, 6.45) is 2.40. The van der Waals surface area contributed by atoms with E-state index in [1.807, 2.05) is 6.07 Å². The fraction of sp³-hybridized carbons (Fsp3) is 0.182. The zero-order chi connectivity index (χ0) is 22.1. The lowest BCUT2D eigenvalue weighted by Gasteiger charge is -2.28. The summed E-state index contributed by atoms with van der Waals surface area (Å²) in [5, 5.41) is 4.11. The van der Waals surface area contributed by atoms with Crippen LogP contribution in [0.25, 0.3) is 10.3 Å². The van der Waals surface area contributed by atoms with Gasteiger partial charge < -0.3 is 10.2 Å². The average Bonchev–Trinajstić information content (AvgIpc) is 3.25. The number of halogens is 2. The van der Waals surface area contributed by atoms with Gasteiger partial charge in [-0.3, -0.25) is 4.79 Å². The topological polar surface area (TPSA) is 71.0 Å². The summed E-state index contributed by atoms with van der Waals surface area (Å²) in [4.78, 5) is 27.8. The monoisotopic (exact) mass is 469 g/mol. The molecule has 0 aliphatic carbocycles. The van der Waals surface area contributed by atoms with Crippen LogP contribution in [0.15, 0.2) is 53.8 Å². The second kappa shape index (κ2) is 8.79. The lowest BCUT2D eigenvalue weighted by atomic mass is 10.0. The summed E-state index contributed by atoms with van der Waals surface area (Å²) in [5.74, 6) is -2.25. The normalized spacial score (nSPS) is 13.2. The van der Waals surface area contributed by atoms with Gasteiger partial charge in [-0.2, -0.15) is 4.98 Å². The quantitative estimate of drug-likeness (QED) is 0.339. The molecule has 0 fully saturated rings. The Kier molecular flexibility index (Phi) is 5.71. The van der Waals surface area contributed by atoms with Crippen LogP contribution < -0.4 is 10.2 Å². The van der Waals surface area contributed by atoms with Crippen LogP contribution in [0.3, 0.4) is 0 Å². The van der Waals surface area contributed by atoms with Gasteiger partial charge in [0, 0.05) is 24.8 Å². The van der Waals surface area contributed by atoms with Crippen LogP contribution in [-0.2, 0) is 17.8 Å². The van der Waals surface area contributed by atoms with Gasteiger partial charge in [0.2, 0.25) is 5.91 Å². The molecule has 1 aliphatic rings. The van der Waals surface area contributed by atoms with E-state index >= 15 is 0 Å². The molecule has 32 heavy (non-hydrogen) atoms. The fourth-order valence-corrected chi connectivity index (χ4v) is 5.44. The highest BCUT2D eigenvalue weighted by atomic mass is 32.2. The van der Waals surface area contributed by atoms with Crippen LogP contribution in [0.2, 0.25) is 0 Å². The predicted molar refractivity (Wildman–Crippen MR) is 122 cm³/mol. The number of fused-ring (bicyclic) bond motifs is 2. The third-order valence-electron chi connectivity index (χ3n) is 5.09. The van der Waals surface area contributed by atoms with E-state index in [0.717, 1.165) is 41.5 Å². The zero-order valence-electron chi connectivity index (χ0n) is 16.7. The minimum absolute atomic E-state index is 0.0649. The summed E-state index contributed by atoms with van der Waals surface area (Å²) in [6.45, 7) is 1.67. The Balaban J connectivity index is 1.29. The van der Waals surface area contributed by atoms with Crippen molar-refractivity contribution in [1.29, 1.82) is 0 Å². The number of thiazole rings is 1. The number of rotatable bonds is 5. The number of benzene rings is 2. The molecule has 5 rings (SSSR count). The standard InChI is InChI=1S/C22H17F2N5OS2/c23-16-6-5-15(9-17(16)24)27-18(30)11-31-21-19-20(25-12-26-21)28-22(32-19)29-8-7-13-3-1-2-4-14(13)10-29/h1-6,9,12H,7-8,10-11H2,(H,27,30). The number of carbonyl (C=O) groups excluding carboxylic acids is 1. The van der Waals surface area contributed by atoms with E-state index in [1.54, 1.807) is 0 Å². The number of anilines is 2. The molecule has 162 valence electrons. The molecule has 0 radical (unpaired) electrons. The molecule has 1 aliphatic heterocycles. The zero-order valence-corrected chi connectivity index (χ0v) is 18.3. The molecule has 1 amide bonds. The van der Waals surface area contributed by atoms with Crippen molar-refractivity contribution in [3.8, 4) is 0 Å². The molecule has 0 spiro atoms. The Morgan fingerprint density at radius 2 is 1.97 bits per heavy atom. The number of carbonyl (C=O) groups is 1. The number of thioether (sulfide) groups is 1. The number of hydrogen-bond donors (Lipinski definition) is 1. The Morgan fingerprint density at radius 3 is 2.81 bits per heavy atom. The van der Waals surface area contributed by atoms with E-state index < -0.39 is 11.6 Å². The molecular weight excluding hydrogens is 452 g/mol. The lowest BCUT2D eigenvalue weighted by Crippen LogP contribution is -2.30. The molecule has 2 aromatic carbocycles. The van der Waals surface area contributed by atoms with Crippen molar-refractivity contribution in [1.82, 2.24) is 15.0 Å². The molecule has 0 saturated carbocycles. The van der Waals surface area contributed by atoms with E-state index in [-0.39, 0.29) is 17.3 Å². The molecule has 3 heterocycles. The van der Waals surface area contributed by atoms with Crippen LogP contribution in [0.5, 0.6) is 0 Å². The molecule has 0 bridgehead atoms. The molecular formula is C22H17F2N5OS2. The summed E-state index contributed by atoms with van der Waals surface area (Å²) < 4.78 is 27.2. The second-order valence-electron chi connectivity index (χ2n) is 7.23. The van der Waals surface area contributed by atoms with Crippen molar-refractivity contribution >= 4 is 50.2 Å². The molecule has 0 atom stereocenters. The van der Waals surface area contributed by atoms with Gasteiger partial charge in [-0.25, -0.2) is 18.7 Å². The second-order valence-corrected chi connectivity index (χ2v) is 9.18. The number of hydrogen-bond acceptors (Lipinski definition) is 7. The lowest BCUT2D eigenvalue weighted by molar-refractivity contribution is -0.113. The number of aromatic nitrogens is 3. The van der Waals surface area contributed by atoms with Gasteiger partial charge in [0.25, 0.3) is 0 Å². The third-order valence-corrected chi connectivity index (χ3v) is 7.32. The Labute approximate surface area is 190 Å². The first-order valence-electron chi connectivity index (χ1n) is 9.88. The van der Waals surface area contributed by atoms with Gasteiger partial charge in [0.15, 0.2) is 22.4 Å². The third kappa shape index (κ3) is 4.28. The molecule has 0 unspecified atom stereocenters. The van der Waals surface area contributed by atoms with E-state index in [1.165, 1.54) is 46.6 Å². The van der Waals surface area contributed by atoms with E-state index in [0.29, 0.717) is 10.7 Å². The van der Waals surface area contributed by atoms with Crippen molar-refractivity contribution in [2.24, 2.45) is 0 Å². The molecule has 2 aromatic heterocycles. The maximum absolute atomic E-state index is 13.3. The van der Waals surface area contributed by atoms with E-state index in [2.05, 4.69) is 43.4 Å². The number of amides is 1. The van der Waals surface area contributed by atoms with Crippen LogP contribution in [0.1, 0.15) is 11.1 Å². The van der Waals surface area contributed by atoms with Crippen LogP contribution >= 0.6 is 23.1 Å². The van der Waals surface area contributed by atoms with Gasteiger partial charge in [-0.1, -0.05) is 47.4 Å². The van der Waals surface area contributed by atoms with Crippen LogP contribution in [-0.4, -0.2) is 33.2 Å². The fourth-order valence-electron chi connectivity index (χ4n) is 3.52. The van der Waals surface area contributed by atoms with Gasteiger partial charge in [0.05, 0.1) is 5.75 Å². The van der Waals surface area contributed by atoms with E-state index in [9.17, 15) is 13.6 Å². The van der Waals surface area contributed by atoms with Gasteiger partial charge in [0.1, 0.15) is 16.1 Å². The summed E-state index contributed by atoms with van der Waals surface area (Å²) >= 11 is 2.76. The maximum atomic E-state index is 13.3. The van der Waals surface area contributed by atoms with Gasteiger partial charge in [-0.05, 0) is 29.7 Å². The Morgan fingerprint density at radius 1 is 1.12 bits per heavy atom. The molecule has 6 nitrogen and oxygen atoms in total. The first kappa shape index (κ1) is 20.8. The minimum atomic E-state index is -1.01. The molecule has 10 heteroatoms. The van der Waals surface area contributed by atoms with Crippen molar-refractivity contribution in [2.45, 2.75) is 18.0 Å². The SMILES string of the molecule is O=C(CSc1ncnc2nc(N3CCc4ccccc4C3)sc12)Nc1ccc(F)c(F)c1. The van der Waals surface area contributed by atoms with Crippen molar-refractivity contribution in [3.05, 3.63) is 71.6 Å². The predicted octanol–water partition coefficient (Wildman–Crippen LogP) is 4.66. The molecule has 4 aromatic rings. The maximum Gasteiger partial charge on any atom is 0.234 e. The van der Waals surface area contributed by atoms with Gasteiger partial charge >= 0.3 is 0 Å². The van der Waals surface area contributed by atoms with Crippen LogP contribution in [0, 0.1) is 11.6 Å². The van der Waals surface area contributed by atoms with E-state index in [4.69, 9.17) is 0 Å². The largest absolute Gasteiger partial charge is 0.343 e. The summed E-state index contributed by atoms with van der Waals surface area (Å²) in [7, 11) is 0. The van der Waals surface area contributed by atoms with Crippen molar-refractivity contribution < 1.29 is 13.6 Å². The molecule has 0 saturated heterocycles. The average molecular weight is 470 g/mol. The van der Waals surface area contributed by atoms with Gasteiger partial charge in [-0.15, -0.1) is 0 Å². The first-order valence-corrected chi connectivity index (χ1v) is 11.7. The highest BCUT2D eigenvalue weighted by molar-refractivity contribution is 8.00. The number of nitrogens with one attached hydrogen (secondary N) is 1. The van der Waals surface area contributed by atoms with Crippen LogP contribution in [0.4, 0.5) is 19.6 Å². The smallest absolute Gasteiger partial charge is 0.234 e. The summed E-state index contributed by atoms with van der Waals surface area (Å²) in [5.41, 5.74) is 3.47. The Hall–Kier alpha value is -3.11. The summed E-state index contributed by atoms with van der Waals surface area (Å²) in [6, 6.07) is 11.7. The molecule has 1 N–H and O–H groups in total. The highest BCUT2D eigenvalue weighted by Crippen LogP contribution is 2.35. The first-order chi connectivity index (χ1) is 15.6. The minimum Gasteiger partial charge on any atom is -0.343 e. The Bertz CT molecular complexity index is 1310.